The molecule has 1 aliphatic rings. The molecule has 1 aromatic heterocycles. The van der Waals surface area contributed by atoms with Crippen LogP contribution in [0.5, 0.6) is 0 Å². The maximum Gasteiger partial charge on any atom is 0.227 e. The van der Waals surface area contributed by atoms with Crippen molar-refractivity contribution < 1.29 is 5.11 Å². The number of hydrogen-bond donors (Lipinski definition) is 4. The third-order valence-electron chi connectivity index (χ3n) is 4.37. The van der Waals surface area contributed by atoms with Crippen LogP contribution in [0.1, 0.15) is 25.8 Å². The Morgan fingerprint density at radius 2 is 2.04 bits per heavy atom. The van der Waals surface area contributed by atoms with Gasteiger partial charge in [-0.3, -0.25) is 0 Å². The molecule has 7 nitrogen and oxygen atoms in total. The first-order valence-electron chi connectivity index (χ1n) is 8.81. The van der Waals surface area contributed by atoms with Crippen molar-refractivity contribution in [3.63, 3.8) is 0 Å². The molecule has 25 heavy (non-hydrogen) atoms. The normalized spacial score (nSPS) is 14.0. The summed E-state index contributed by atoms with van der Waals surface area (Å²) >= 11 is 0. The molecule has 2 aromatic rings. The molecular weight excluding hydrogens is 316 g/mol. The van der Waals surface area contributed by atoms with Gasteiger partial charge in [-0.25, -0.2) is 0 Å². The molecule has 0 saturated carbocycles. The van der Waals surface area contributed by atoms with E-state index < -0.39 is 0 Å². The van der Waals surface area contributed by atoms with Crippen molar-refractivity contribution in [1.82, 2.24) is 9.97 Å². The fourth-order valence-electron chi connectivity index (χ4n) is 2.78. The first-order chi connectivity index (χ1) is 12.2. The third kappa shape index (κ3) is 3.93. The highest BCUT2D eigenvalue weighted by atomic mass is 16.3. The van der Waals surface area contributed by atoms with Gasteiger partial charge in [-0.05, 0) is 18.9 Å². The van der Waals surface area contributed by atoms with Gasteiger partial charge in [0.1, 0.15) is 5.69 Å². The third-order valence-corrected chi connectivity index (χ3v) is 4.37. The molecule has 4 N–H and O–H groups in total. The Kier molecular flexibility index (Phi) is 5.55. The second-order valence-electron chi connectivity index (χ2n) is 6.06. The van der Waals surface area contributed by atoms with Crippen molar-refractivity contribution in [2.24, 2.45) is 0 Å². The Hall–Kier alpha value is -2.54. The molecular formula is C18H26N6O. The van der Waals surface area contributed by atoms with Crippen molar-refractivity contribution in [1.29, 1.82) is 0 Å². The van der Waals surface area contributed by atoms with Crippen LogP contribution >= 0.6 is 0 Å². The summed E-state index contributed by atoms with van der Waals surface area (Å²) in [5, 5.41) is 19.5. The lowest BCUT2D eigenvalue weighted by Gasteiger charge is -2.18. The molecule has 0 spiro atoms. The molecule has 7 heteroatoms. The van der Waals surface area contributed by atoms with Crippen LogP contribution < -0.4 is 20.9 Å². The number of nitrogens with zero attached hydrogens (tertiary/aromatic N) is 3. The van der Waals surface area contributed by atoms with Crippen molar-refractivity contribution in [3.8, 4) is 0 Å². The molecule has 1 unspecified atom stereocenters. The van der Waals surface area contributed by atoms with E-state index in [0.717, 1.165) is 37.0 Å². The number of anilines is 4. The smallest absolute Gasteiger partial charge is 0.227 e. The van der Waals surface area contributed by atoms with Crippen molar-refractivity contribution in [2.75, 3.05) is 40.7 Å². The van der Waals surface area contributed by atoms with E-state index in [-0.39, 0.29) is 12.6 Å². The minimum atomic E-state index is -0.0514. The van der Waals surface area contributed by atoms with Gasteiger partial charge >= 0.3 is 0 Å². The SMILES string of the molecule is CCC(CO)Nc1nc(NCc2ccccc2)c2c(n1)N(CC)CN2. The van der Waals surface area contributed by atoms with Crippen LogP contribution in [0.2, 0.25) is 0 Å². The summed E-state index contributed by atoms with van der Waals surface area (Å²) in [6.07, 6.45) is 0.805. The van der Waals surface area contributed by atoms with Gasteiger partial charge in [0, 0.05) is 13.1 Å². The van der Waals surface area contributed by atoms with Crippen LogP contribution in [0.4, 0.5) is 23.3 Å². The number of aliphatic hydroxyl groups excluding tert-OH is 1. The van der Waals surface area contributed by atoms with Crippen molar-refractivity contribution in [2.45, 2.75) is 32.9 Å². The first-order valence-corrected chi connectivity index (χ1v) is 8.81. The number of nitrogens with one attached hydrogen (secondary N) is 3. The molecule has 2 heterocycles. The van der Waals surface area contributed by atoms with E-state index in [4.69, 9.17) is 0 Å². The summed E-state index contributed by atoms with van der Waals surface area (Å²) in [7, 11) is 0. The lowest BCUT2D eigenvalue weighted by molar-refractivity contribution is 0.271. The zero-order valence-electron chi connectivity index (χ0n) is 14.8. The van der Waals surface area contributed by atoms with Gasteiger partial charge in [0.2, 0.25) is 5.95 Å². The second-order valence-corrected chi connectivity index (χ2v) is 6.06. The van der Waals surface area contributed by atoms with Crippen LogP contribution in [-0.4, -0.2) is 40.9 Å². The van der Waals surface area contributed by atoms with Crippen LogP contribution in [0, 0.1) is 0 Å². The van der Waals surface area contributed by atoms with Crippen molar-refractivity contribution in [3.05, 3.63) is 35.9 Å². The summed E-state index contributed by atoms with van der Waals surface area (Å²) in [5.74, 6) is 2.21. The predicted octanol–water partition coefficient (Wildman–Crippen LogP) is 2.48. The van der Waals surface area contributed by atoms with Gasteiger partial charge in [-0.1, -0.05) is 37.3 Å². The summed E-state index contributed by atoms with van der Waals surface area (Å²) in [5.41, 5.74) is 2.12. The molecule has 0 aliphatic carbocycles. The van der Waals surface area contributed by atoms with E-state index in [0.29, 0.717) is 12.5 Å². The van der Waals surface area contributed by atoms with Crippen molar-refractivity contribution >= 4 is 23.3 Å². The highest BCUT2D eigenvalue weighted by Crippen LogP contribution is 2.36. The number of aromatic nitrogens is 2. The van der Waals surface area contributed by atoms with E-state index in [1.54, 1.807) is 0 Å². The summed E-state index contributed by atoms with van der Waals surface area (Å²) in [6, 6.07) is 10.2. The lowest BCUT2D eigenvalue weighted by Crippen LogP contribution is -2.25. The summed E-state index contributed by atoms with van der Waals surface area (Å²) < 4.78 is 0. The Bertz CT molecular complexity index is 689. The quantitative estimate of drug-likeness (QED) is 0.586. The molecule has 0 radical (unpaired) electrons. The lowest BCUT2D eigenvalue weighted by atomic mass is 10.2. The van der Waals surface area contributed by atoms with E-state index in [1.165, 1.54) is 5.56 Å². The van der Waals surface area contributed by atoms with Gasteiger partial charge in [-0.2, -0.15) is 9.97 Å². The van der Waals surface area contributed by atoms with Crippen LogP contribution in [0.15, 0.2) is 30.3 Å². The average molecular weight is 342 g/mol. The standard InChI is InChI=1S/C18H26N6O/c1-3-14(11-25)21-18-22-16(19-10-13-8-6-5-7-9-13)15-17(23-18)24(4-2)12-20-15/h5-9,14,20,25H,3-4,10-12H2,1-2H3,(H2,19,21,22,23). The highest BCUT2D eigenvalue weighted by molar-refractivity contribution is 5.82. The molecule has 1 atom stereocenters. The minimum Gasteiger partial charge on any atom is -0.394 e. The van der Waals surface area contributed by atoms with Gasteiger partial charge in [0.15, 0.2) is 11.6 Å². The predicted molar refractivity (Wildman–Crippen MR) is 102 cm³/mol. The molecule has 3 rings (SSSR count). The van der Waals surface area contributed by atoms with Crippen LogP contribution in [0.25, 0.3) is 0 Å². The van der Waals surface area contributed by atoms with Crippen LogP contribution in [-0.2, 0) is 6.54 Å². The number of rotatable bonds is 8. The molecule has 1 aromatic carbocycles. The largest absolute Gasteiger partial charge is 0.394 e. The first kappa shape index (κ1) is 17.3. The zero-order chi connectivity index (χ0) is 17.6. The van der Waals surface area contributed by atoms with E-state index in [2.05, 4.69) is 49.9 Å². The molecule has 1 aliphatic heterocycles. The van der Waals surface area contributed by atoms with Gasteiger partial charge in [0.25, 0.3) is 0 Å². The number of hydrogen-bond acceptors (Lipinski definition) is 7. The van der Waals surface area contributed by atoms with Gasteiger partial charge in [0.05, 0.1) is 19.3 Å². The van der Waals surface area contributed by atoms with Gasteiger partial charge in [-0.15, -0.1) is 0 Å². The van der Waals surface area contributed by atoms with E-state index in [1.807, 2.05) is 25.1 Å². The monoisotopic (exact) mass is 342 g/mol. The zero-order valence-corrected chi connectivity index (χ0v) is 14.8. The maximum atomic E-state index is 9.44. The van der Waals surface area contributed by atoms with Gasteiger partial charge < -0.3 is 26.0 Å². The highest BCUT2D eigenvalue weighted by Gasteiger charge is 2.24. The number of benzene rings is 1. The van der Waals surface area contributed by atoms with E-state index in [9.17, 15) is 5.11 Å². The summed E-state index contributed by atoms with van der Waals surface area (Å²) in [6.45, 7) is 6.46. The minimum absolute atomic E-state index is 0.0514. The average Bonchev–Trinajstić information content (AvgIpc) is 3.08. The number of aliphatic hydroxyl groups is 1. The molecule has 0 saturated heterocycles. The van der Waals surface area contributed by atoms with Crippen LogP contribution in [0.3, 0.4) is 0 Å². The molecule has 0 bridgehead atoms. The summed E-state index contributed by atoms with van der Waals surface area (Å²) in [4.78, 5) is 11.4. The van der Waals surface area contributed by atoms with E-state index >= 15 is 0 Å². The number of fused-ring (bicyclic) bond motifs is 1. The Balaban J connectivity index is 1.86. The topological polar surface area (TPSA) is 85.3 Å². The fraction of sp³-hybridized carbons (Fsp3) is 0.444. The fourth-order valence-corrected chi connectivity index (χ4v) is 2.78. The molecule has 0 fully saturated rings. The Morgan fingerprint density at radius 1 is 1.24 bits per heavy atom. The Morgan fingerprint density at radius 3 is 2.72 bits per heavy atom. The Labute approximate surface area is 148 Å². The second kappa shape index (κ2) is 8.02. The maximum absolute atomic E-state index is 9.44. The molecule has 0 amide bonds. The molecule has 134 valence electrons.